The molecule has 2 saturated heterocycles. The Bertz CT molecular complexity index is 1740. The predicted molar refractivity (Wildman–Crippen MR) is 169 cm³/mol. The molecule has 1 saturated carbocycles. The molecular weight excluding hydrogens is 584 g/mol. The number of ether oxygens (including phenoxy) is 3. The van der Waals surface area contributed by atoms with Crippen molar-refractivity contribution in [2.45, 2.75) is 85.5 Å². The highest BCUT2D eigenvalue weighted by atomic mass is 16.6. The number of carbonyl (C=O) groups is 4. The number of esters is 2. The fourth-order valence-electron chi connectivity index (χ4n) is 9.94. The van der Waals surface area contributed by atoms with Crippen LogP contribution in [0.1, 0.15) is 83.1 Å². The number of Topliss-reactive ketones (excluding diaryl/α,β-unsaturated/α-hetero) is 1. The van der Waals surface area contributed by atoms with E-state index in [1.54, 1.807) is 12.3 Å². The molecule has 1 aromatic heterocycles. The Kier molecular flexibility index (Phi) is 6.62. The summed E-state index contributed by atoms with van der Waals surface area (Å²) in [6.45, 7) is 13.7. The molecule has 46 heavy (non-hydrogen) atoms. The van der Waals surface area contributed by atoms with E-state index < -0.39 is 51.7 Å². The third-order valence-corrected chi connectivity index (χ3v) is 12.1. The van der Waals surface area contributed by atoms with Gasteiger partial charge >= 0.3 is 11.9 Å². The molecule has 3 heterocycles. The second-order valence-electron chi connectivity index (χ2n) is 15.5. The van der Waals surface area contributed by atoms with E-state index >= 15 is 0 Å². The van der Waals surface area contributed by atoms with Crippen LogP contribution in [0.2, 0.25) is 0 Å². The average molecular weight is 627 g/mol. The fourth-order valence-corrected chi connectivity index (χ4v) is 9.94. The van der Waals surface area contributed by atoms with Gasteiger partial charge in [0.05, 0.1) is 31.3 Å². The van der Waals surface area contributed by atoms with E-state index in [1.165, 1.54) is 13.2 Å². The molecule has 2 aliphatic heterocycles. The summed E-state index contributed by atoms with van der Waals surface area (Å²) in [6, 6.07) is 9.54. The third kappa shape index (κ3) is 3.88. The summed E-state index contributed by atoms with van der Waals surface area (Å²) < 4.78 is 24.3. The molecule has 1 aromatic carbocycles. The first-order valence-electron chi connectivity index (χ1n) is 16.2. The fraction of sp³-hybridized carbons (Fsp3) is 0.526. The minimum Gasteiger partial charge on any atom is -0.469 e. The number of allylic oxidation sites excluding steroid dienone is 2. The maximum atomic E-state index is 14.0. The van der Waals surface area contributed by atoms with Crippen molar-refractivity contribution in [1.82, 2.24) is 0 Å². The summed E-state index contributed by atoms with van der Waals surface area (Å²) in [5.41, 5.74) is 1.41. The molecule has 9 atom stereocenters. The average Bonchev–Trinajstić information content (AvgIpc) is 3.75. The van der Waals surface area contributed by atoms with Gasteiger partial charge in [-0.3, -0.25) is 19.2 Å². The minimum absolute atomic E-state index is 0.0151. The largest absolute Gasteiger partial charge is 0.469 e. The van der Waals surface area contributed by atoms with Crippen LogP contribution in [0.3, 0.4) is 0 Å². The Morgan fingerprint density at radius 1 is 1.02 bits per heavy atom. The molecule has 0 spiro atoms. The molecule has 3 unspecified atom stereocenters. The number of rotatable bonds is 5. The standard InChI is InChI=1S/C38H42O8/c1-19-23(22-14-16-44-29(22)20-9-11-21(12-10-20)32(41)35(2,3)4)17-24-28(19)38(7)25(18-27(40)43-8)37(6)26(39)13-15-36(5)31(37)30(33(38)45-24)46-34(36)42/h9-16,23-25,30-31,33H,17-18H2,1-8H3/t23-,24?,25-,30?,31?,33-,36-,37+,38-/m1/s1. The van der Waals surface area contributed by atoms with E-state index in [1.807, 2.05) is 65.0 Å². The van der Waals surface area contributed by atoms with Gasteiger partial charge in [-0.15, -0.1) is 0 Å². The Labute approximate surface area is 269 Å². The van der Waals surface area contributed by atoms with E-state index in [4.69, 9.17) is 18.6 Å². The molecule has 3 aliphatic carbocycles. The second-order valence-corrected chi connectivity index (χ2v) is 15.5. The van der Waals surface area contributed by atoms with Crippen LogP contribution >= 0.6 is 0 Å². The van der Waals surface area contributed by atoms with Gasteiger partial charge in [0.15, 0.2) is 11.6 Å². The number of fused-ring (bicyclic) bond motifs is 4. The normalized spacial score (nSPS) is 37.6. The number of hydrogen-bond donors (Lipinski definition) is 0. The van der Waals surface area contributed by atoms with Crippen molar-refractivity contribution < 1.29 is 37.8 Å². The lowest BCUT2D eigenvalue weighted by atomic mass is 9.42. The van der Waals surface area contributed by atoms with E-state index in [-0.39, 0.29) is 36.0 Å². The van der Waals surface area contributed by atoms with Gasteiger partial charge in [0.2, 0.25) is 0 Å². The van der Waals surface area contributed by atoms with Gasteiger partial charge in [0, 0.05) is 44.8 Å². The number of hydrogen-bond acceptors (Lipinski definition) is 8. The van der Waals surface area contributed by atoms with Crippen LogP contribution in [-0.4, -0.2) is 48.9 Å². The van der Waals surface area contributed by atoms with Crippen molar-refractivity contribution in [3.63, 3.8) is 0 Å². The number of carbonyl (C=O) groups excluding carboxylic acids is 4. The monoisotopic (exact) mass is 626 g/mol. The maximum Gasteiger partial charge on any atom is 0.316 e. The van der Waals surface area contributed by atoms with E-state index in [9.17, 15) is 19.2 Å². The molecule has 0 bridgehead atoms. The van der Waals surface area contributed by atoms with Gasteiger partial charge in [-0.05, 0) is 43.9 Å². The Morgan fingerprint density at radius 3 is 2.37 bits per heavy atom. The lowest BCUT2D eigenvalue weighted by Crippen LogP contribution is -2.66. The van der Waals surface area contributed by atoms with Gasteiger partial charge in [-0.25, -0.2) is 0 Å². The number of methoxy groups -OCH3 is 1. The SMILES string of the molecule is COC(=O)C[C@H]1[C@]2(C)C3=C(C)[C@H](c4ccoc4-c4ccc(C(=O)C(C)(C)C)cc4)CC3O[C@@H]2C2OC(=O)[C@]3(C)C=CC(=O)[C@@]1(C)C23. The van der Waals surface area contributed by atoms with E-state index in [0.29, 0.717) is 12.0 Å². The quantitative estimate of drug-likeness (QED) is 0.207. The highest BCUT2D eigenvalue weighted by Crippen LogP contribution is 2.72. The van der Waals surface area contributed by atoms with Crippen LogP contribution in [0.5, 0.6) is 0 Å². The van der Waals surface area contributed by atoms with Crippen LogP contribution in [0.4, 0.5) is 0 Å². The van der Waals surface area contributed by atoms with E-state index in [2.05, 4.69) is 13.8 Å². The Balaban J connectivity index is 1.32. The zero-order valence-electron chi connectivity index (χ0n) is 27.8. The van der Waals surface area contributed by atoms with Gasteiger partial charge in [-0.1, -0.05) is 70.5 Å². The molecule has 5 aliphatic rings. The molecule has 0 amide bonds. The minimum atomic E-state index is -1.06. The van der Waals surface area contributed by atoms with Crippen LogP contribution in [-0.2, 0) is 28.6 Å². The molecule has 0 radical (unpaired) electrons. The van der Waals surface area contributed by atoms with Crippen molar-refractivity contribution >= 4 is 23.5 Å². The number of benzene rings is 1. The zero-order chi connectivity index (χ0) is 33.1. The first-order valence-corrected chi connectivity index (χ1v) is 16.2. The smallest absolute Gasteiger partial charge is 0.316 e. The van der Waals surface area contributed by atoms with Gasteiger partial charge in [-0.2, -0.15) is 0 Å². The molecule has 8 heteroatoms. The zero-order valence-corrected chi connectivity index (χ0v) is 27.8. The van der Waals surface area contributed by atoms with Gasteiger partial charge in [0.1, 0.15) is 18.0 Å². The van der Waals surface area contributed by atoms with Gasteiger partial charge in [0.25, 0.3) is 0 Å². The van der Waals surface area contributed by atoms with Crippen LogP contribution in [0.25, 0.3) is 11.3 Å². The highest BCUT2D eigenvalue weighted by Gasteiger charge is 2.77. The summed E-state index contributed by atoms with van der Waals surface area (Å²) >= 11 is 0. The molecular formula is C38H42O8. The van der Waals surface area contributed by atoms with Crippen LogP contribution in [0.15, 0.2) is 64.3 Å². The van der Waals surface area contributed by atoms with Crippen molar-refractivity contribution in [3.8, 4) is 11.3 Å². The summed E-state index contributed by atoms with van der Waals surface area (Å²) in [6.07, 6.45) is 4.12. The molecule has 2 aromatic rings. The van der Waals surface area contributed by atoms with E-state index in [0.717, 1.165) is 28.0 Å². The highest BCUT2D eigenvalue weighted by molar-refractivity contribution is 6.01. The molecule has 7 rings (SSSR count). The summed E-state index contributed by atoms with van der Waals surface area (Å²) in [4.78, 5) is 53.3. The first-order chi connectivity index (χ1) is 21.6. The maximum absolute atomic E-state index is 14.0. The molecule has 0 N–H and O–H groups in total. The van der Waals surface area contributed by atoms with Gasteiger partial charge < -0.3 is 18.6 Å². The van der Waals surface area contributed by atoms with Crippen LogP contribution in [0, 0.1) is 33.5 Å². The van der Waals surface area contributed by atoms with Crippen molar-refractivity contribution in [2.24, 2.45) is 33.5 Å². The summed E-state index contributed by atoms with van der Waals surface area (Å²) in [5, 5.41) is 0. The molecule has 3 fully saturated rings. The summed E-state index contributed by atoms with van der Waals surface area (Å²) in [7, 11) is 1.36. The second kappa shape index (κ2) is 9.86. The van der Waals surface area contributed by atoms with Crippen LogP contribution < -0.4 is 0 Å². The number of ketones is 2. The molecule has 8 nitrogen and oxygen atoms in total. The Morgan fingerprint density at radius 2 is 1.72 bits per heavy atom. The lowest BCUT2D eigenvalue weighted by Gasteiger charge is -2.59. The molecule has 242 valence electrons. The third-order valence-electron chi connectivity index (χ3n) is 12.1. The van der Waals surface area contributed by atoms with Crippen molar-refractivity contribution in [2.75, 3.05) is 7.11 Å². The topological polar surface area (TPSA) is 109 Å². The predicted octanol–water partition coefficient (Wildman–Crippen LogP) is 6.64. The number of furan rings is 1. The lowest BCUT2D eigenvalue weighted by molar-refractivity contribution is -0.190. The first kappa shape index (κ1) is 30.9. The van der Waals surface area contributed by atoms with Crippen molar-refractivity contribution in [3.05, 3.63) is 71.0 Å². The van der Waals surface area contributed by atoms with Crippen molar-refractivity contribution in [1.29, 1.82) is 0 Å². The Hall–Kier alpha value is -3.78. The summed E-state index contributed by atoms with van der Waals surface area (Å²) in [5.74, 6) is -1.05.